The lowest BCUT2D eigenvalue weighted by atomic mass is 10.0. The standard InChI is InChI=1S/C19H22O5/c1-4-18(20)23-11-12-24-19-14(2)13-17(22-10-9-21-3)15-7-5-6-8-16(15)19/h4-8,13H,1,9-12H2,2-3H3. The number of aryl methyl sites for hydroxylation is 1. The summed E-state index contributed by atoms with van der Waals surface area (Å²) in [5.41, 5.74) is 0.955. The van der Waals surface area contributed by atoms with Gasteiger partial charge in [0.2, 0.25) is 0 Å². The third-order valence-corrected chi connectivity index (χ3v) is 3.43. The average molecular weight is 330 g/mol. The second-order valence-electron chi connectivity index (χ2n) is 5.13. The first kappa shape index (κ1) is 17.8. The summed E-state index contributed by atoms with van der Waals surface area (Å²) in [6.07, 6.45) is 1.13. The van der Waals surface area contributed by atoms with Crippen molar-refractivity contribution in [3.8, 4) is 11.5 Å². The minimum absolute atomic E-state index is 0.171. The molecule has 0 unspecified atom stereocenters. The van der Waals surface area contributed by atoms with Gasteiger partial charge in [0.25, 0.3) is 0 Å². The fourth-order valence-corrected chi connectivity index (χ4v) is 2.34. The maximum Gasteiger partial charge on any atom is 0.330 e. The summed E-state index contributed by atoms with van der Waals surface area (Å²) in [6.45, 7) is 6.77. The van der Waals surface area contributed by atoms with E-state index in [4.69, 9.17) is 18.9 Å². The number of hydrogen-bond donors (Lipinski definition) is 0. The summed E-state index contributed by atoms with van der Waals surface area (Å²) < 4.78 is 21.6. The number of ether oxygens (including phenoxy) is 4. The molecule has 2 aromatic rings. The largest absolute Gasteiger partial charge is 0.491 e. The Bertz CT molecular complexity index is 708. The van der Waals surface area contributed by atoms with E-state index in [1.54, 1.807) is 7.11 Å². The molecule has 2 aromatic carbocycles. The Morgan fingerprint density at radius 3 is 2.50 bits per heavy atom. The molecule has 0 bridgehead atoms. The number of fused-ring (bicyclic) bond motifs is 1. The van der Waals surface area contributed by atoms with Gasteiger partial charge in [-0.05, 0) is 18.6 Å². The van der Waals surface area contributed by atoms with Crippen LogP contribution in [0.4, 0.5) is 0 Å². The lowest BCUT2D eigenvalue weighted by Gasteiger charge is -2.16. The fourth-order valence-electron chi connectivity index (χ4n) is 2.34. The van der Waals surface area contributed by atoms with Gasteiger partial charge in [0, 0.05) is 24.0 Å². The van der Waals surface area contributed by atoms with Crippen LogP contribution >= 0.6 is 0 Å². The Hall–Kier alpha value is -2.53. The maximum absolute atomic E-state index is 11.0. The minimum Gasteiger partial charge on any atom is -0.491 e. The van der Waals surface area contributed by atoms with Crippen LogP contribution in [0.15, 0.2) is 43.0 Å². The molecule has 128 valence electrons. The van der Waals surface area contributed by atoms with Crippen molar-refractivity contribution in [2.24, 2.45) is 0 Å². The fraction of sp³-hybridized carbons (Fsp3) is 0.316. The number of carbonyl (C=O) groups excluding carboxylic acids is 1. The zero-order valence-electron chi connectivity index (χ0n) is 14.0. The molecule has 0 aromatic heterocycles. The number of hydrogen-bond acceptors (Lipinski definition) is 5. The smallest absolute Gasteiger partial charge is 0.330 e. The minimum atomic E-state index is -0.456. The summed E-state index contributed by atoms with van der Waals surface area (Å²) >= 11 is 0. The van der Waals surface area contributed by atoms with Gasteiger partial charge in [-0.2, -0.15) is 0 Å². The SMILES string of the molecule is C=CC(=O)OCCOc1c(C)cc(OCCOC)c2ccccc12. The van der Waals surface area contributed by atoms with Crippen molar-refractivity contribution in [1.29, 1.82) is 0 Å². The molecule has 0 amide bonds. The summed E-state index contributed by atoms with van der Waals surface area (Å²) in [7, 11) is 1.64. The van der Waals surface area contributed by atoms with E-state index in [9.17, 15) is 4.79 Å². The molecular weight excluding hydrogens is 308 g/mol. The van der Waals surface area contributed by atoms with Crippen LogP contribution in [-0.4, -0.2) is 39.5 Å². The third kappa shape index (κ3) is 4.49. The van der Waals surface area contributed by atoms with E-state index in [1.807, 2.05) is 37.3 Å². The van der Waals surface area contributed by atoms with Gasteiger partial charge in [-0.1, -0.05) is 30.8 Å². The van der Waals surface area contributed by atoms with Gasteiger partial charge in [-0.15, -0.1) is 0 Å². The van der Waals surface area contributed by atoms with Crippen LogP contribution in [0.3, 0.4) is 0 Å². The van der Waals surface area contributed by atoms with Gasteiger partial charge in [0.1, 0.15) is 31.3 Å². The topological polar surface area (TPSA) is 54.0 Å². The number of methoxy groups -OCH3 is 1. The average Bonchev–Trinajstić information content (AvgIpc) is 2.60. The predicted octanol–water partition coefficient (Wildman–Crippen LogP) is 3.28. The van der Waals surface area contributed by atoms with Crippen molar-refractivity contribution in [1.82, 2.24) is 0 Å². The molecule has 0 N–H and O–H groups in total. The van der Waals surface area contributed by atoms with Crippen LogP contribution in [0, 0.1) is 6.92 Å². The normalized spacial score (nSPS) is 10.4. The lowest BCUT2D eigenvalue weighted by molar-refractivity contribution is -0.138. The zero-order chi connectivity index (χ0) is 17.4. The Morgan fingerprint density at radius 2 is 1.79 bits per heavy atom. The maximum atomic E-state index is 11.0. The second-order valence-corrected chi connectivity index (χ2v) is 5.13. The van der Waals surface area contributed by atoms with Crippen molar-refractivity contribution < 1.29 is 23.7 Å². The second kappa shape index (κ2) is 8.93. The quantitative estimate of drug-likeness (QED) is 0.401. The monoisotopic (exact) mass is 330 g/mol. The van der Waals surface area contributed by atoms with Crippen molar-refractivity contribution in [3.05, 3.63) is 48.6 Å². The molecule has 0 aliphatic heterocycles. The highest BCUT2D eigenvalue weighted by atomic mass is 16.6. The van der Waals surface area contributed by atoms with Crippen molar-refractivity contribution in [2.75, 3.05) is 33.5 Å². The van der Waals surface area contributed by atoms with Crippen molar-refractivity contribution >= 4 is 16.7 Å². The molecule has 0 atom stereocenters. The van der Waals surface area contributed by atoms with Crippen LogP contribution in [-0.2, 0) is 14.3 Å². The van der Waals surface area contributed by atoms with E-state index < -0.39 is 5.97 Å². The van der Waals surface area contributed by atoms with Gasteiger partial charge in [0.15, 0.2) is 0 Å². The molecule has 0 fully saturated rings. The summed E-state index contributed by atoms with van der Waals surface area (Å²) in [5, 5.41) is 1.93. The molecule has 5 heteroatoms. The summed E-state index contributed by atoms with van der Waals surface area (Å²) in [5.74, 6) is 1.10. The molecular formula is C19H22O5. The van der Waals surface area contributed by atoms with E-state index in [0.717, 1.165) is 33.9 Å². The number of carbonyl (C=O) groups is 1. The van der Waals surface area contributed by atoms with E-state index in [-0.39, 0.29) is 13.2 Å². The van der Waals surface area contributed by atoms with Gasteiger partial charge >= 0.3 is 5.97 Å². The number of benzene rings is 2. The molecule has 2 rings (SSSR count). The van der Waals surface area contributed by atoms with E-state index in [2.05, 4.69) is 6.58 Å². The predicted molar refractivity (Wildman–Crippen MR) is 92.7 cm³/mol. The Morgan fingerprint density at radius 1 is 1.08 bits per heavy atom. The van der Waals surface area contributed by atoms with Crippen LogP contribution in [0.5, 0.6) is 11.5 Å². The highest BCUT2D eigenvalue weighted by Crippen LogP contribution is 2.36. The van der Waals surface area contributed by atoms with Crippen LogP contribution < -0.4 is 9.47 Å². The van der Waals surface area contributed by atoms with Crippen LogP contribution in [0.2, 0.25) is 0 Å². The molecule has 0 aliphatic carbocycles. The molecule has 0 aliphatic rings. The van der Waals surface area contributed by atoms with E-state index in [1.165, 1.54) is 0 Å². The van der Waals surface area contributed by atoms with Gasteiger partial charge in [0.05, 0.1) is 6.61 Å². The summed E-state index contributed by atoms with van der Waals surface area (Å²) in [6, 6.07) is 9.82. The summed E-state index contributed by atoms with van der Waals surface area (Å²) in [4.78, 5) is 11.0. The molecule has 0 saturated heterocycles. The van der Waals surface area contributed by atoms with Gasteiger partial charge in [-0.3, -0.25) is 0 Å². The first-order valence-corrected chi connectivity index (χ1v) is 7.73. The third-order valence-electron chi connectivity index (χ3n) is 3.43. The molecule has 24 heavy (non-hydrogen) atoms. The van der Waals surface area contributed by atoms with Gasteiger partial charge < -0.3 is 18.9 Å². The zero-order valence-corrected chi connectivity index (χ0v) is 14.0. The van der Waals surface area contributed by atoms with Crippen molar-refractivity contribution in [2.45, 2.75) is 6.92 Å². The Labute approximate surface area is 141 Å². The lowest BCUT2D eigenvalue weighted by Crippen LogP contribution is -2.11. The highest BCUT2D eigenvalue weighted by Gasteiger charge is 2.12. The Kier molecular flexibility index (Phi) is 6.63. The molecule has 0 heterocycles. The highest BCUT2D eigenvalue weighted by molar-refractivity contribution is 5.94. The number of esters is 1. The molecule has 0 spiro atoms. The molecule has 5 nitrogen and oxygen atoms in total. The van der Waals surface area contributed by atoms with Gasteiger partial charge in [-0.25, -0.2) is 4.79 Å². The molecule has 0 radical (unpaired) electrons. The van der Waals surface area contributed by atoms with Crippen LogP contribution in [0.1, 0.15) is 5.56 Å². The van der Waals surface area contributed by atoms with Crippen molar-refractivity contribution in [3.63, 3.8) is 0 Å². The number of rotatable bonds is 9. The first-order valence-electron chi connectivity index (χ1n) is 7.73. The van der Waals surface area contributed by atoms with Crippen LogP contribution in [0.25, 0.3) is 10.8 Å². The van der Waals surface area contributed by atoms with E-state index in [0.29, 0.717) is 13.2 Å². The first-order chi connectivity index (χ1) is 11.7. The molecule has 0 saturated carbocycles. The Balaban J connectivity index is 2.18. The van der Waals surface area contributed by atoms with E-state index >= 15 is 0 Å².